The van der Waals surface area contributed by atoms with E-state index in [9.17, 15) is 4.79 Å². The third-order valence-corrected chi connectivity index (χ3v) is 5.15. The molecule has 1 atom stereocenters. The highest BCUT2D eigenvalue weighted by molar-refractivity contribution is 5.94. The number of aryl methyl sites for hydroxylation is 1. The van der Waals surface area contributed by atoms with E-state index in [0.29, 0.717) is 6.04 Å². The normalized spacial score (nSPS) is 21.8. The van der Waals surface area contributed by atoms with Crippen LogP contribution in [0.3, 0.4) is 0 Å². The first-order valence-electron chi connectivity index (χ1n) is 8.36. The van der Waals surface area contributed by atoms with Crippen molar-refractivity contribution in [2.45, 2.75) is 38.6 Å². The summed E-state index contributed by atoms with van der Waals surface area (Å²) in [4.78, 5) is 14.7. The second-order valence-electron chi connectivity index (χ2n) is 6.52. The molecule has 1 aromatic carbocycles. The van der Waals surface area contributed by atoms with Gasteiger partial charge in [0.1, 0.15) is 5.75 Å². The maximum Gasteiger partial charge on any atom is 0.253 e. The Morgan fingerprint density at radius 2 is 2.00 bits per heavy atom. The van der Waals surface area contributed by atoms with Crippen LogP contribution in [0.25, 0.3) is 0 Å². The Balaban J connectivity index is 0.00000192. The summed E-state index contributed by atoms with van der Waals surface area (Å²) in [6.45, 7) is 4.90. The SMILES string of the molecule is COc1cc(C(=O)N2CCC(C3CCCN3)CC2)ccc1C.Cl. The number of hydrogen-bond donors (Lipinski definition) is 1. The van der Waals surface area contributed by atoms with Crippen molar-refractivity contribution in [2.24, 2.45) is 5.92 Å². The number of nitrogens with zero attached hydrogens (tertiary/aromatic N) is 1. The lowest BCUT2D eigenvalue weighted by Crippen LogP contribution is -2.43. The van der Waals surface area contributed by atoms with E-state index in [1.165, 1.54) is 12.8 Å². The molecule has 2 saturated heterocycles. The Bertz CT molecular complexity index is 536. The number of halogens is 1. The molecule has 0 radical (unpaired) electrons. The van der Waals surface area contributed by atoms with Gasteiger partial charge in [0.2, 0.25) is 0 Å². The zero-order chi connectivity index (χ0) is 15.5. The van der Waals surface area contributed by atoms with E-state index in [1.807, 2.05) is 30.0 Å². The predicted octanol–water partition coefficient (Wildman–Crippen LogP) is 3.03. The lowest BCUT2D eigenvalue weighted by Gasteiger charge is -2.35. The molecule has 2 heterocycles. The van der Waals surface area contributed by atoms with Gasteiger partial charge in [-0.15, -0.1) is 12.4 Å². The van der Waals surface area contributed by atoms with Gasteiger partial charge in [-0.05, 0) is 62.8 Å². The smallest absolute Gasteiger partial charge is 0.253 e. The van der Waals surface area contributed by atoms with Gasteiger partial charge in [-0.25, -0.2) is 0 Å². The van der Waals surface area contributed by atoms with Gasteiger partial charge in [-0.1, -0.05) is 6.07 Å². The number of methoxy groups -OCH3 is 1. The highest BCUT2D eigenvalue weighted by atomic mass is 35.5. The van der Waals surface area contributed by atoms with Crippen molar-refractivity contribution in [3.8, 4) is 5.75 Å². The molecule has 23 heavy (non-hydrogen) atoms. The first-order valence-corrected chi connectivity index (χ1v) is 8.36. The Hall–Kier alpha value is -1.26. The minimum atomic E-state index is 0. The van der Waals surface area contributed by atoms with E-state index in [4.69, 9.17) is 4.74 Å². The van der Waals surface area contributed by atoms with Crippen LogP contribution in [0.4, 0.5) is 0 Å². The lowest BCUT2D eigenvalue weighted by molar-refractivity contribution is 0.0674. The Kier molecular flexibility index (Phi) is 6.31. The number of benzene rings is 1. The van der Waals surface area contributed by atoms with E-state index in [-0.39, 0.29) is 18.3 Å². The van der Waals surface area contributed by atoms with E-state index in [2.05, 4.69) is 5.32 Å². The van der Waals surface area contributed by atoms with Crippen molar-refractivity contribution < 1.29 is 9.53 Å². The van der Waals surface area contributed by atoms with E-state index in [1.54, 1.807) is 7.11 Å². The molecule has 4 nitrogen and oxygen atoms in total. The molecule has 1 unspecified atom stereocenters. The Labute approximate surface area is 145 Å². The number of likely N-dealkylation sites (tertiary alicyclic amines) is 1. The first kappa shape index (κ1) is 18.1. The fraction of sp³-hybridized carbons (Fsp3) is 0.611. The molecule has 0 saturated carbocycles. The van der Waals surface area contributed by atoms with Gasteiger partial charge in [0.05, 0.1) is 7.11 Å². The Morgan fingerprint density at radius 3 is 2.61 bits per heavy atom. The van der Waals surface area contributed by atoms with Crippen molar-refractivity contribution in [1.29, 1.82) is 0 Å². The minimum absolute atomic E-state index is 0. The molecule has 0 spiro atoms. The molecule has 5 heteroatoms. The van der Waals surface area contributed by atoms with Crippen molar-refractivity contribution in [3.05, 3.63) is 29.3 Å². The van der Waals surface area contributed by atoms with Gasteiger partial charge in [-0.3, -0.25) is 4.79 Å². The Morgan fingerprint density at radius 1 is 1.26 bits per heavy atom. The quantitative estimate of drug-likeness (QED) is 0.921. The molecule has 1 amide bonds. The second-order valence-corrected chi connectivity index (χ2v) is 6.52. The molecule has 1 N–H and O–H groups in total. The van der Waals surface area contributed by atoms with E-state index < -0.39 is 0 Å². The predicted molar refractivity (Wildman–Crippen MR) is 94.6 cm³/mol. The maximum absolute atomic E-state index is 12.7. The molecule has 0 aromatic heterocycles. The zero-order valence-corrected chi connectivity index (χ0v) is 14.8. The third-order valence-electron chi connectivity index (χ3n) is 5.15. The molecule has 2 aliphatic rings. The number of hydrogen-bond acceptors (Lipinski definition) is 3. The first-order chi connectivity index (χ1) is 10.7. The average Bonchev–Trinajstić information content (AvgIpc) is 3.09. The molecular formula is C18H27ClN2O2. The highest BCUT2D eigenvalue weighted by Crippen LogP contribution is 2.27. The van der Waals surface area contributed by atoms with Crippen LogP contribution in [-0.2, 0) is 0 Å². The van der Waals surface area contributed by atoms with Gasteiger partial charge < -0.3 is 15.0 Å². The van der Waals surface area contributed by atoms with Gasteiger partial charge in [0.25, 0.3) is 5.91 Å². The number of carbonyl (C=O) groups is 1. The van der Waals surface area contributed by atoms with Crippen LogP contribution in [-0.4, -0.2) is 43.6 Å². The summed E-state index contributed by atoms with van der Waals surface area (Å²) in [5.41, 5.74) is 1.80. The monoisotopic (exact) mass is 338 g/mol. The lowest BCUT2D eigenvalue weighted by atomic mass is 9.88. The summed E-state index contributed by atoms with van der Waals surface area (Å²) < 4.78 is 5.33. The molecule has 2 aliphatic heterocycles. The summed E-state index contributed by atoms with van der Waals surface area (Å²) >= 11 is 0. The summed E-state index contributed by atoms with van der Waals surface area (Å²) in [5, 5.41) is 3.60. The third kappa shape index (κ3) is 3.99. The van der Waals surface area contributed by atoms with Gasteiger partial charge >= 0.3 is 0 Å². The van der Waals surface area contributed by atoms with Crippen molar-refractivity contribution in [1.82, 2.24) is 10.2 Å². The summed E-state index contributed by atoms with van der Waals surface area (Å²) in [7, 11) is 1.65. The summed E-state index contributed by atoms with van der Waals surface area (Å²) in [5.74, 6) is 1.66. The second kappa shape index (κ2) is 8.02. The number of piperidine rings is 1. The number of rotatable bonds is 3. The van der Waals surface area contributed by atoms with Crippen molar-refractivity contribution in [3.63, 3.8) is 0 Å². The number of carbonyl (C=O) groups excluding carboxylic acids is 1. The maximum atomic E-state index is 12.7. The summed E-state index contributed by atoms with van der Waals surface area (Å²) in [6, 6.07) is 6.41. The molecule has 3 rings (SSSR count). The fourth-order valence-electron chi connectivity index (χ4n) is 3.75. The highest BCUT2D eigenvalue weighted by Gasteiger charge is 2.30. The topological polar surface area (TPSA) is 41.6 Å². The largest absolute Gasteiger partial charge is 0.496 e. The van der Waals surface area contributed by atoms with Crippen LogP contribution in [0.5, 0.6) is 5.75 Å². The number of ether oxygens (including phenoxy) is 1. The minimum Gasteiger partial charge on any atom is -0.496 e. The molecule has 128 valence electrons. The van der Waals surface area contributed by atoms with Crippen LogP contribution < -0.4 is 10.1 Å². The standard InChI is InChI=1S/C18H26N2O2.ClH/c1-13-5-6-15(12-17(13)22-2)18(21)20-10-7-14(8-11-20)16-4-3-9-19-16;/h5-6,12,14,16,19H,3-4,7-11H2,1-2H3;1H. The van der Waals surface area contributed by atoms with Gasteiger partial charge in [0, 0.05) is 24.7 Å². The molecule has 2 fully saturated rings. The summed E-state index contributed by atoms with van der Waals surface area (Å²) in [6.07, 6.45) is 4.83. The van der Waals surface area contributed by atoms with Gasteiger partial charge in [-0.2, -0.15) is 0 Å². The number of nitrogens with one attached hydrogen (secondary N) is 1. The van der Waals surface area contributed by atoms with Gasteiger partial charge in [0.15, 0.2) is 0 Å². The molecular weight excluding hydrogens is 312 g/mol. The van der Waals surface area contributed by atoms with Crippen LogP contribution in [0, 0.1) is 12.8 Å². The average molecular weight is 339 g/mol. The zero-order valence-electron chi connectivity index (χ0n) is 14.0. The van der Waals surface area contributed by atoms with Crippen LogP contribution in [0.2, 0.25) is 0 Å². The van der Waals surface area contributed by atoms with E-state index >= 15 is 0 Å². The van der Waals surface area contributed by atoms with Crippen LogP contribution in [0.15, 0.2) is 18.2 Å². The van der Waals surface area contributed by atoms with Crippen LogP contribution >= 0.6 is 12.4 Å². The van der Waals surface area contributed by atoms with Crippen molar-refractivity contribution >= 4 is 18.3 Å². The fourth-order valence-corrected chi connectivity index (χ4v) is 3.75. The van der Waals surface area contributed by atoms with Crippen LogP contribution in [0.1, 0.15) is 41.6 Å². The molecule has 0 aliphatic carbocycles. The molecule has 0 bridgehead atoms. The van der Waals surface area contributed by atoms with Crippen molar-refractivity contribution in [2.75, 3.05) is 26.7 Å². The number of amides is 1. The molecule has 1 aromatic rings. The van der Waals surface area contributed by atoms with E-state index in [0.717, 1.165) is 55.3 Å².